The van der Waals surface area contributed by atoms with Crippen molar-refractivity contribution in [2.75, 3.05) is 11.9 Å². The van der Waals surface area contributed by atoms with Crippen molar-refractivity contribution in [3.05, 3.63) is 49.8 Å². The summed E-state index contributed by atoms with van der Waals surface area (Å²) in [6.07, 6.45) is 4.60. The number of rotatable bonds is 5. The van der Waals surface area contributed by atoms with E-state index in [1.54, 1.807) is 18.2 Å². The van der Waals surface area contributed by atoms with Gasteiger partial charge in [-0.15, -0.1) is 11.3 Å². The first-order valence-corrected chi connectivity index (χ1v) is 10.2. The first-order chi connectivity index (χ1) is 12.5. The van der Waals surface area contributed by atoms with Gasteiger partial charge in [-0.05, 0) is 49.8 Å². The van der Waals surface area contributed by atoms with Crippen LogP contribution in [-0.4, -0.2) is 18.5 Å². The number of hydrogen-bond donors (Lipinski definition) is 1. The van der Waals surface area contributed by atoms with E-state index in [1.165, 1.54) is 11.3 Å². The van der Waals surface area contributed by atoms with Crippen molar-refractivity contribution in [2.24, 2.45) is 0 Å². The van der Waals surface area contributed by atoms with Gasteiger partial charge in [-0.1, -0.05) is 36.2 Å². The summed E-state index contributed by atoms with van der Waals surface area (Å²) in [5, 5.41) is 3.89. The van der Waals surface area contributed by atoms with E-state index in [0.29, 0.717) is 17.2 Å². The van der Waals surface area contributed by atoms with Gasteiger partial charge in [0.05, 0.1) is 27.8 Å². The van der Waals surface area contributed by atoms with Crippen molar-refractivity contribution in [3.63, 3.8) is 0 Å². The van der Waals surface area contributed by atoms with Gasteiger partial charge < -0.3 is 10.1 Å². The van der Waals surface area contributed by atoms with Crippen molar-refractivity contribution >= 4 is 51.4 Å². The lowest BCUT2D eigenvalue weighted by Crippen LogP contribution is -2.16. The van der Waals surface area contributed by atoms with Crippen LogP contribution in [0.5, 0.6) is 0 Å². The van der Waals surface area contributed by atoms with Gasteiger partial charge in [-0.2, -0.15) is 0 Å². The molecule has 0 atom stereocenters. The zero-order valence-electron chi connectivity index (χ0n) is 14.4. The number of esters is 1. The van der Waals surface area contributed by atoms with Crippen molar-refractivity contribution in [3.8, 4) is 0 Å². The summed E-state index contributed by atoms with van der Waals surface area (Å²) in [5.74, 6) is -0.810. The van der Waals surface area contributed by atoms with Crippen LogP contribution in [0.1, 0.15) is 57.3 Å². The Labute approximate surface area is 166 Å². The number of hydrogen-bond acceptors (Lipinski definition) is 4. The first kappa shape index (κ1) is 19.2. The molecule has 1 amide bonds. The summed E-state index contributed by atoms with van der Waals surface area (Å²) in [7, 11) is 0. The van der Waals surface area contributed by atoms with Gasteiger partial charge in [-0.3, -0.25) is 4.79 Å². The number of fused-ring (bicyclic) bond motifs is 1. The SMILES string of the molecule is CCCOC(=O)c1c(NC(=O)c2c(Cl)cccc2Cl)sc2c1CCCC2. The summed E-state index contributed by atoms with van der Waals surface area (Å²) in [4.78, 5) is 26.5. The third kappa shape index (κ3) is 3.90. The molecule has 4 nitrogen and oxygen atoms in total. The van der Waals surface area contributed by atoms with E-state index < -0.39 is 5.91 Å². The highest BCUT2D eigenvalue weighted by atomic mass is 35.5. The second-order valence-corrected chi connectivity index (χ2v) is 8.02. The van der Waals surface area contributed by atoms with Gasteiger partial charge in [-0.25, -0.2) is 4.79 Å². The minimum Gasteiger partial charge on any atom is -0.462 e. The average molecular weight is 412 g/mol. The lowest BCUT2D eigenvalue weighted by molar-refractivity contribution is 0.0505. The largest absolute Gasteiger partial charge is 0.462 e. The summed E-state index contributed by atoms with van der Waals surface area (Å²) in [6.45, 7) is 2.30. The Morgan fingerprint density at radius 2 is 1.85 bits per heavy atom. The Bertz CT molecular complexity index is 827. The second kappa shape index (κ2) is 8.42. The van der Waals surface area contributed by atoms with E-state index >= 15 is 0 Å². The normalized spacial score (nSPS) is 13.2. The van der Waals surface area contributed by atoms with Crippen molar-refractivity contribution in [2.45, 2.75) is 39.0 Å². The zero-order valence-corrected chi connectivity index (χ0v) is 16.7. The number of anilines is 1. The molecule has 1 aliphatic rings. The molecule has 1 aliphatic carbocycles. The highest BCUT2D eigenvalue weighted by Crippen LogP contribution is 2.39. The Hall–Kier alpha value is -1.56. The molecule has 2 aromatic rings. The van der Waals surface area contributed by atoms with Gasteiger partial charge in [0.1, 0.15) is 5.00 Å². The van der Waals surface area contributed by atoms with E-state index in [1.807, 2.05) is 6.92 Å². The molecule has 3 rings (SSSR count). The fourth-order valence-corrected chi connectivity index (χ4v) is 4.86. The Morgan fingerprint density at radius 1 is 1.15 bits per heavy atom. The molecule has 0 aliphatic heterocycles. The quantitative estimate of drug-likeness (QED) is 0.636. The van der Waals surface area contributed by atoms with E-state index in [-0.39, 0.29) is 21.6 Å². The Balaban J connectivity index is 1.95. The summed E-state index contributed by atoms with van der Waals surface area (Å²) < 4.78 is 5.34. The molecule has 0 fully saturated rings. The number of carbonyl (C=O) groups is 2. The van der Waals surface area contributed by atoms with Crippen LogP contribution < -0.4 is 5.32 Å². The molecule has 0 radical (unpaired) electrons. The van der Waals surface area contributed by atoms with Crippen molar-refractivity contribution in [1.82, 2.24) is 0 Å². The first-order valence-electron chi connectivity index (χ1n) is 8.60. The third-order valence-corrected chi connectivity index (χ3v) is 6.07. The van der Waals surface area contributed by atoms with Crippen LogP contribution in [0.25, 0.3) is 0 Å². The van der Waals surface area contributed by atoms with Crippen LogP contribution in [0.4, 0.5) is 5.00 Å². The molecular weight excluding hydrogens is 393 g/mol. The number of halogens is 2. The number of thiophene rings is 1. The van der Waals surface area contributed by atoms with Crippen LogP contribution in [-0.2, 0) is 17.6 Å². The number of benzene rings is 1. The molecule has 7 heteroatoms. The highest BCUT2D eigenvalue weighted by Gasteiger charge is 2.28. The predicted molar refractivity (Wildman–Crippen MR) is 106 cm³/mol. The average Bonchev–Trinajstić information content (AvgIpc) is 2.97. The van der Waals surface area contributed by atoms with Gasteiger partial charge in [0.2, 0.25) is 0 Å². The van der Waals surface area contributed by atoms with Crippen LogP contribution in [0.15, 0.2) is 18.2 Å². The van der Waals surface area contributed by atoms with E-state index in [9.17, 15) is 9.59 Å². The molecule has 1 heterocycles. The van der Waals surface area contributed by atoms with Gasteiger partial charge in [0.15, 0.2) is 0 Å². The van der Waals surface area contributed by atoms with Gasteiger partial charge >= 0.3 is 5.97 Å². The van der Waals surface area contributed by atoms with Crippen molar-refractivity contribution in [1.29, 1.82) is 0 Å². The number of aryl methyl sites for hydroxylation is 1. The standard InChI is InChI=1S/C19H19Cl2NO3S/c1-2-10-25-19(24)15-11-6-3-4-9-14(11)26-18(15)22-17(23)16-12(20)7-5-8-13(16)21/h5,7-8H,2-4,6,9-10H2,1H3,(H,22,23). The molecule has 0 unspecified atom stereocenters. The zero-order chi connectivity index (χ0) is 18.7. The molecular formula is C19H19Cl2NO3S. The molecule has 26 heavy (non-hydrogen) atoms. The lowest BCUT2D eigenvalue weighted by atomic mass is 9.95. The fraction of sp³-hybridized carbons (Fsp3) is 0.368. The predicted octanol–water partition coefficient (Wildman–Crippen LogP) is 5.75. The maximum Gasteiger partial charge on any atom is 0.341 e. The monoisotopic (exact) mass is 411 g/mol. The van der Waals surface area contributed by atoms with Gasteiger partial charge in [0.25, 0.3) is 5.91 Å². The molecule has 1 aromatic heterocycles. The molecule has 0 saturated carbocycles. The van der Waals surface area contributed by atoms with E-state index in [0.717, 1.165) is 42.5 Å². The third-order valence-electron chi connectivity index (χ3n) is 4.23. The minimum absolute atomic E-state index is 0.204. The Kier molecular flexibility index (Phi) is 6.22. The fourth-order valence-electron chi connectivity index (χ4n) is 3.02. The molecule has 138 valence electrons. The number of nitrogens with one attached hydrogen (secondary N) is 1. The van der Waals surface area contributed by atoms with Crippen molar-refractivity contribution < 1.29 is 14.3 Å². The summed E-state index contributed by atoms with van der Waals surface area (Å²) in [6, 6.07) is 4.90. The van der Waals surface area contributed by atoms with E-state index in [4.69, 9.17) is 27.9 Å². The van der Waals surface area contributed by atoms with Crippen LogP contribution in [0.2, 0.25) is 10.0 Å². The molecule has 0 bridgehead atoms. The maximum atomic E-state index is 12.7. The number of carbonyl (C=O) groups excluding carboxylic acids is 2. The minimum atomic E-state index is -0.427. The van der Waals surface area contributed by atoms with Crippen LogP contribution in [0, 0.1) is 0 Å². The number of amides is 1. The lowest BCUT2D eigenvalue weighted by Gasteiger charge is -2.13. The second-order valence-electron chi connectivity index (χ2n) is 6.10. The summed E-state index contributed by atoms with van der Waals surface area (Å²) >= 11 is 13.7. The molecule has 0 saturated heterocycles. The van der Waals surface area contributed by atoms with Crippen LogP contribution in [0.3, 0.4) is 0 Å². The molecule has 0 spiro atoms. The highest BCUT2D eigenvalue weighted by molar-refractivity contribution is 7.17. The topological polar surface area (TPSA) is 55.4 Å². The van der Waals surface area contributed by atoms with Gasteiger partial charge in [0, 0.05) is 4.88 Å². The summed E-state index contributed by atoms with van der Waals surface area (Å²) in [5.41, 5.74) is 1.69. The van der Waals surface area contributed by atoms with E-state index in [2.05, 4.69) is 5.32 Å². The molecule has 1 N–H and O–H groups in total. The maximum absolute atomic E-state index is 12.7. The smallest absolute Gasteiger partial charge is 0.341 e. The number of ether oxygens (including phenoxy) is 1. The molecule has 1 aromatic carbocycles. The van der Waals surface area contributed by atoms with Crippen LogP contribution >= 0.6 is 34.5 Å². The Morgan fingerprint density at radius 3 is 2.54 bits per heavy atom.